The van der Waals surface area contributed by atoms with Crippen molar-refractivity contribution in [1.29, 1.82) is 0 Å². The third-order valence-electron chi connectivity index (χ3n) is 3.27. The summed E-state index contributed by atoms with van der Waals surface area (Å²) in [6.07, 6.45) is 3.35. The molecule has 0 radical (unpaired) electrons. The number of urea groups is 1. The van der Waals surface area contributed by atoms with Crippen LogP contribution in [0.4, 0.5) is 10.5 Å². The number of hydrogen-bond donors (Lipinski definition) is 2. The van der Waals surface area contributed by atoms with E-state index in [0.717, 1.165) is 16.9 Å². The second-order valence-electron chi connectivity index (χ2n) is 5.54. The van der Waals surface area contributed by atoms with Gasteiger partial charge in [0, 0.05) is 13.3 Å². The topological polar surface area (TPSA) is 77.4 Å². The van der Waals surface area contributed by atoms with Gasteiger partial charge in [0.05, 0.1) is 31.6 Å². The van der Waals surface area contributed by atoms with Gasteiger partial charge in [-0.3, -0.25) is 4.68 Å². The van der Waals surface area contributed by atoms with Crippen molar-refractivity contribution in [3.8, 4) is 5.75 Å². The number of ether oxygens (including phenoxy) is 2. The number of nitrogens with one attached hydrogen (secondary N) is 2. The van der Waals surface area contributed by atoms with Gasteiger partial charge in [0.15, 0.2) is 0 Å². The summed E-state index contributed by atoms with van der Waals surface area (Å²) in [5.74, 6) is 0.814. The molecule has 0 atom stereocenters. The lowest BCUT2D eigenvalue weighted by molar-refractivity contribution is 0.183. The molecule has 2 aromatic rings. The van der Waals surface area contributed by atoms with Crippen molar-refractivity contribution >= 4 is 11.7 Å². The molecule has 24 heavy (non-hydrogen) atoms. The van der Waals surface area contributed by atoms with Crippen LogP contribution in [0.3, 0.4) is 0 Å². The van der Waals surface area contributed by atoms with Crippen molar-refractivity contribution in [1.82, 2.24) is 15.1 Å². The van der Waals surface area contributed by atoms with Crippen LogP contribution in [0.25, 0.3) is 0 Å². The van der Waals surface area contributed by atoms with Gasteiger partial charge in [0.2, 0.25) is 0 Å². The summed E-state index contributed by atoms with van der Waals surface area (Å²) in [4.78, 5) is 11.8. The maximum atomic E-state index is 11.8. The number of rotatable bonds is 8. The molecule has 7 nitrogen and oxygen atoms in total. The van der Waals surface area contributed by atoms with E-state index in [1.54, 1.807) is 24.2 Å². The van der Waals surface area contributed by atoms with Crippen LogP contribution in [-0.4, -0.2) is 42.7 Å². The van der Waals surface area contributed by atoms with Gasteiger partial charge in [-0.1, -0.05) is 6.07 Å². The van der Waals surface area contributed by atoms with Crippen molar-refractivity contribution in [3.05, 3.63) is 41.7 Å². The van der Waals surface area contributed by atoms with Gasteiger partial charge >= 0.3 is 6.03 Å². The second kappa shape index (κ2) is 8.93. The number of anilines is 1. The first-order valence-electron chi connectivity index (χ1n) is 7.84. The molecule has 0 aliphatic rings. The average molecular weight is 332 g/mol. The molecule has 130 valence electrons. The van der Waals surface area contributed by atoms with Gasteiger partial charge < -0.3 is 20.1 Å². The van der Waals surface area contributed by atoms with Crippen LogP contribution in [0.1, 0.15) is 11.1 Å². The summed E-state index contributed by atoms with van der Waals surface area (Å²) in [6.45, 7) is 6.09. The van der Waals surface area contributed by atoms with E-state index < -0.39 is 0 Å². The van der Waals surface area contributed by atoms with E-state index in [0.29, 0.717) is 32.0 Å². The largest absolute Gasteiger partial charge is 0.492 e. The summed E-state index contributed by atoms with van der Waals surface area (Å²) in [5.41, 5.74) is 2.95. The molecule has 7 heteroatoms. The predicted octanol–water partition coefficient (Wildman–Crippen LogP) is 2.35. The lowest BCUT2D eigenvalue weighted by atomic mass is 10.1. The number of nitrogens with zero attached hydrogens (tertiary/aromatic N) is 2. The molecule has 1 heterocycles. The molecule has 2 rings (SSSR count). The van der Waals surface area contributed by atoms with E-state index in [9.17, 15) is 4.79 Å². The van der Waals surface area contributed by atoms with Crippen LogP contribution < -0.4 is 15.4 Å². The molecular formula is C17H24N4O3. The number of aromatic nitrogens is 2. The highest BCUT2D eigenvalue weighted by Gasteiger charge is 2.04. The Hall–Kier alpha value is -2.54. The molecule has 1 aromatic heterocycles. The number of aryl methyl sites for hydroxylation is 2. The highest BCUT2D eigenvalue weighted by Crippen LogP contribution is 2.15. The Morgan fingerprint density at radius 2 is 1.96 bits per heavy atom. The summed E-state index contributed by atoms with van der Waals surface area (Å²) in [6, 6.07) is 5.75. The molecule has 2 amide bonds. The quantitative estimate of drug-likeness (QED) is 0.728. The first-order chi connectivity index (χ1) is 11.6. The van der Waals surface area contributed by atoms with Gasteiger partial charge in [-0.2, -0.15) is 5.10 Å². The van der Waals surface area contributed by atoms with E-state index in [4.69, 9.17) is 9.47 Å². The fourth-order valence-electron chi connectivity index (χ4n) is 2.26. The van der Waals surface area contributed by atoms with E-state index in [2.05, 4.69) is 21.8 Å². The number of benzene rings is 1. The Bertz CT molecular complexity index is 649. The highest BCUT2D eigenvalue weighted by molar-refractivity contribution is 5.88. The van der Waals surface area contributed by atoms with E-state index in [1.807, 2.05) is 26.0 Å². The Labute approximate surface area is 142 Å². The first-order valence-corrected chi connectivity index (χ1v) is 7.84. The van der Waals surface area contributed by atoms with Gasteiger partial charge in [-0.05, 0) is 37.1 Å². The lowest BCUT2D eigenvalue weighted by Gasteiger charge is -2.09. The zero-order valence-corrected chi connectivity index (χ0v) is 14.3. The maximum Gasteiger partial charge on any atom is 0.319 e. The van der Waals surface area contributed by atoms with E-state index in [-0.39, 0.29) is 6.03 Å². The predicted molar refractivity (Wildman–Crippen MR) is 92.5 cm³/mol. The van der Waals surface area contributed by atoms with Crippen molar-refractivity contribution in [3.63, 3.8) is 0 Å². The maximum absolute atomic E-state index is 11.8. The number of amides is 2. The SMILES string of the molecule is COCCn1cc(NC(=O)NCCOc2cc(C)cc(C)c2)cn1. The Kier molecular flexibility index (Phi) is 6.62. The van der Waals surface area contributed by atoms with Gasteiger partial charge in [0.25, 0.3) is 0 Å². The van der Waals surface area contributed by atoms with Crippen LogP contribution in [0, 0.1) is 13.8 Å². The second-order valence-corrected chi connectivity index (χ2v) is 5.54. The smallest absolute Gasteiger partial charge is 0.319 e. The summed E-state index contributed by atoms with van der Waals surface area (Å²) in [5, 5.41) is 9.60. The van der Waals surface area contributed by atoms with Crippen LogP contribution in [0.15, 0.2) is 30.6 Å². The van der Waals surface area contributed by atoms with Crippen molar-refractivity contribution in [2.45, 2.75) is 20.4 Å². The fraction of sp³-hybridized carbons (Fsp3) is 0.412. The zero-order valence-electron chi connectivity index (χ0n) is 14.3. The highest BCUT2D eigenvalue weighted by atomic mass is 16.5. The Balaban J connectivity index is 1.68. The fourth-order valence-corrected chi connectivity index (χ4v) is 2.26. The standard InChI is InChI=1S/C17H24N4O3/c1-13-8-14(2)10-16(9-13)24-6-4-18-17(22)20-15-11-19-21(12-15)5-7-23-3/h8-12H,4-7H2,1-3H3,(H2,18,20,22). The zero-order chi connectivity index (χ0) is 17.4. The third-order valence-corrected chi connectivity index (χ3v) is 3.27. The molecule has 0 saturated carbocycles. The van der Waals surface area contributed by atoms with Crippen molar-refractivity contribution in [2.24, 2.45) is 0 Å². The molecule has 0 unspecified atom stereocenters. The monoisotopic (exact) mass is 332 g/mol. The van der Waals surface area contributed by atoms with E-state index >= 15 is 0 Å². The molecule has 0 spiro atoms. The summed E-state index contributed by atoms with van der Waals surface area (Å²) >= 11 is 0. The molecule has 2 N–H and O–H groups in total. The number of carbonyl (C=O) groups is 1. The minimum Gasteiger partial charge on any atom is -0.492 e. The minimum atomic E-state index is -0.287. The molecule has 0 saturated heterocycles. The molecule has 0 fully saturated rings. The molecule has 0 aliphatic carbocycles. The van der Waals surface area contributed by atoms with Crippen LogP contribution in [-0.2, 0) is 11.3 Å². The van der Waals surface area contributed by atoms with Crippen molar-refractivity contribution in [2.75, 3.05) is 32.2 Å². The first kappa shape index (κ1) is 17.8. The van der Waals surface area contributed by atoms with Crippen molar-refractivity contribution < 1.29 is 14.3 Å². The summed E-state index contributed by atoms with van der Waals surface area (Å²) < 4.78 is 12.3. The summed E-state index contributed by atoms with van der Waals surface area (Å²) in [7, 11) is 1.64. The van der Waals surface area contributed by atoms with Crippen LogP contribution in [0.5, 0.6) is 5.75 Å². The van der Waals surface area contributed by atoms with Gasteiger partial charge in [0.1, 0.15) is 12.4 Å². The van der Waals surface area contributed by atoms with Crippen LogP contribution in [0.2, 0.25) is 0 Å². The Morgan fingerprint density at radius 3 is 2.67 bits per heavy atom. The van der Waals surface area contributed by atoms with Gasteiger partial charge in [-0.15, -0.1) is 0 Å². The molecule has 0 aliphatic heterocycles. The van der Waals surface area contributed by atoms with E-state index in [1.165, 1.54) is 0 Å². The van der Waals surface area contributed by atoms with Crippen LogP contribution >= 0.6 is 0 Å². The minimum absolute atomic E-state index is 0.287. The average Bonchev–Trinajstić information content (AvgIpc) is 2.96. The number of methoxy groups -OCH3 is 1. The Morgan fingerprint density at radius 1 is 1.21 bits per heavy atom. The normalized spacial score (nSPS) is 10.5. The molecule has 1 aromatic carbocycles. The number of carbonyl (C=O) groups excluding carboxylic acids is 1. The lowest BCUT2D eigenvalue weighted by Crippen LogP contribution is -2.32. The molecular weight excluding hydrogens is 308 g/mol. The number of hydrogen-bond acceptors (Lipinski definition) is 4. The molecule has 0 bridgehead atoms. The third kappa shape index (κ3) is 5.92. The van der Waals surface area contributed by atoms with Gasteiger partial charge in [-0.25, -0.2) is 4.79 Å².